The van der Waals surface area contributed by atoms with Crippen molar-refractivity contribution in [3.05, 3.63) is 48.2 Å². The maximum absolute atomic E-state index is 13.4. The third kappa shape index (κ3) is 4.84. The molecule has 7 nitrogen and oxygen atoms in total. The molecule has 1 aromatic heterocycles. The maximum atomic E-state index is 13.4. The summed E-state index contributed by atoms with van der Waals surface area (Å²) < 4.78 is 42.2. The lowest BCUT2D eigenvalue weighted by Gasteiger charge is -2.18. The summed E-state index contributed by atoms with van der Waals surface area (Å²) in [4.78, 5) is 16.8. The first-order valence-corrected chi connectivity index (χ1v) is 11.3. The number of unbranched alkanes of at least 4 members (excludes halogenated alkanes) is 2. The van der Waals surface area contributed by atoms with Crippen molar-refractivity contribution < 1.29 is 17.6 Å². The van der Waals surface area contributed by atoms with E-state index < -0.39 is 15.9 Å². The minimum atomic E-state index is -3.82. The maximum Gasteiger partial charge on any atom is 0.262 e. The summed E-state index contributed by atoms with van der Waals surface area (Å²) in [6, 6.07) is 5.91. The second-order valence-electron chi connectivity index (χ2n) is 7.46. The van der Waals surface area contributed by atoms with Crippen LogP contribution in [0.5, 0.6) is 0 Å². The lowest BCUT2D eigenvalue weighted by atomic mass is 9.88. The molecule has 29 heavy (non-hydrogen) atoms. The van der Waals surface area contributed by atoms with E-state index in [2.05, 4.69) is 17.2 Å². The molecule has 1 amide bonds. The van der Waals surface area contributed by atoms with E-state index in [1.165, 1.54) is 29.0 Å². The number of nitrogens with zero attached hydrogens (tertiary/aromatic N) is 3. The molecule has 0 aliphatic carbocycles. The summed E-state index contributed by atoms with van der Waals surface area (Å²) in [6.07, 6.45) is 5.82. The van der Waals surface area contributed by atoms with Crippen LogP contribution in [-0.4, -0.2) is 47.8 Å². The Balaban J connectivity index is 1.83. The molecule has 1 aliphatic rings. The third-order valence-corrected chi connectivity index (χ3v) is 7.00. The fourth-order valence-corrected chi connectivity index (χ4v) is 5.11. The van der Waals surface area contributed by atoms with Gasteiger partial charge in [0.1, 0.15) is 5.82 Å². The number of imidazole rings is 1. The molecule has 158 valence electrons. The number of amides is 1. The molecule has 0 unspecified atom stereocenters. The Morgan fingerprint density at radius 1 is 1.24 bits per heavy atom. The molecule has 0 bridgehead atoms. The predicted molar refractivity (Wildman–Crippen MR) is 107 cm³/mol. The number of carbonyl (C=O) groups excluding carboxylic acids is 1. The number of benzene rings is 1. The van der Waals surface area contributed by atoms with Crippen molar-refractivity contribution in [3.63, 3.8) is 0 Å². The van der Waals surface area contributed by atoms with Gasteiger partial charge < -0.3 is 9.88 Å². The zero-order valence-corrected chi connectivity index (χ0v) is 17.5. The molecule has 3 rings (SSSR count). The highest BCUT2D eigenvalue weighted by Crippen LogP contribution is 2.35. The zero-order valence-electron chi connectivity index (χ0n) is 16.7. The molecule has 1 aromatic carbocycles. The van der Waals surface area contributed by atoms with Crippen molar-refractivity contribution >= 4 is 15.9 Å². The standard InChI is InChI=1S/C20H27FN4O3S/c1-3-4-5-10-22-20(26)18-12-25(29(27,28)19-13-24(2)14-23-19)11-17(18)15-6-8-16(21)9-7-15/h6-9,13-14,17-18H,3-5,10-12H2,1-2H3,(H,22,26)/t17-,18+/m1/s1. The van der Waals surface area contributed by atoms with E-state index in [0.29, 0.717) is 6.54 Å². The first kappa shape index (κ1) is 21.4. The largest absolute Gasteiger partial charge is 0.356 e. The molecule has 2 aromatic rings. The zero-order chi connectivity index (χ0) is 21.0. The Kier molecular flexibility index (Phi) is 6.69. The van der Waals surface area contributed by atoms with Crippen molar-refractivity contribution in [2.45, 2.75) is 37.1 Å². The number of sulfonamides is 1. The topological polar surface area (TPSA) is 84.3 Å². The van der Waals surface area contributed by atoms with E-state index in [4.69, 9.17) is 0 Å². The number of carbonyl (C=O) groups is 1. The SMILES string of the molecule is CCCCCNC(=O)[C@H]1CN(S(=O)(=O)c2cn(C)cn2)C[C@@H]1c1ccc(F)cc1. The van der Waals surface area contributed by atoms with Crippen molar-refractivity contribution in [1.82, 2.24) is 19.2 Å². The van der Waals surface area contributed by atoms with E-state index in [1.54, 1.807) is 23.7 Å². The van der Waals surface area contributed by atoms with Crippen LogP contribution in [0, 0.1) is 11.7 Å². The minimum absolute atomic E-state index is 0.0399. The fraction of sp³-hybridized carbons (Fsp3) is 0.500. The molecule has 0 radical (unpaired) electrons. The molecular formula is C20H27FN4O3S. The van der Waals surface area contributed by atoms with Gasteiger partial charge in [-0.25, -0.2) is 17.8 Å². The van der Waals surface area contributed by atoms with Crippen molar-refractivity contribution in [2.24, 2.45) is 13.0 Å². The normalized spacial score (nSPS) is 20.1. The van der Waals surface area contributed by atoms with Gasteiger partial charge in [-0.3, -0.25) is 4.79 Å². The summed E-state index contributed by atoms with van der Waals surface area (Å²) in [6.45, 7) is 2.87. The van der Waals surface area contributed by atoms with Crippen LogP contribution in [0.2, 0.25) is 0 Å². The van der Waals surface area contributed by atoms with E-state index >= 15 is 0 Å². The highest BCUT2D eigenvalue weighted by Gasteiger charge is 2.44. The van der Waals surface area contributed by atoms with Gasteiger partial charge in [0, 0.05) is 38.8 Å². The molecule has 0 spiro atoms. The van der Waals surface area contributed by atoms with Gasteiger partial charge in [0.15, 0.2) is 5.03 Å². The molecule has 2 heterocycles. The second kappa shape index (κ2) is 9.04. The van der Waals surface area contributed by atoms with Gasteiger partial charge in [0.25, 0.3) is 10.0 Å². The Morgan fingerprint density at radius 3 is 2.59 bits per heavy atom. The van der Waals surface area contributed by atoms with Crippen LogP contribution in [-0.2, 0) is 21.9 Å². The summed E-state index contributed by atoms with van der Waals surface area (Å²) >= 11 is 0. The lowest BCUT2D eigenvalue weighted by Crippen LogP contribution is -2.36. The highest BCUT2D eigenvalue weighted by molar-refractivity contribution is 7.89. The van der Waals surface area contributed by atoms with Crippen LogP contribution in [0.3, 0.4) is 0 Å². The van der Waals surface area contributed by atoms with Gasteiger partial charge in [-0.15, -0.1) is 0 Å². The number of aromatic nitrogens is 2. The summed E-state index contributed by atoms with van der Waals surface area (Å²) in [5.74, 6) is -1.43. The molecule has 1 aliphatic heterocycles. The van der Waals surface area contributed by atoms with Crippen molar-refractivity contribution in [1.29, 1.82) is 0 Å². The molecule has 1 saturated heterocycles. The lowest BCUT2D eigenvalue weighted by molar-refractivity contribution is -0.124. The predicted octanol–water partition coefficient (Wildman–Crippen LogP) is 2.27. The smallest absolute Gasteiger partial charge is 0.262 e. The quantitative estimate of drug-likeness (QED) is 0.662. The van der Waals surface area contributed by atoms with Crippen LogP contribution >= 0.6 is 0 Å². The average molecular weight is 423 g/mol. The second-order valence-corrected chi connectivity index (χ2v) is 9.35. The van der Waals surface area contributed by atoms with Gasteiger partial charge in [-0.2, -0.15) is 4.31 Å². The van der Waals surface area contributed by atoms with E-state index in [1.807, 2.05) is 0 Å². The van der Waals surface area contributed by atoms with Gasteiger partial charge in [-0.1, -0.05) is 31.9 Å². The molecule has 1 fully saturated rings. The van der Waals surface area contributed by atoms with Gasteiger partial charge in [0.2, 0.25) is 5.91 Å². The fourth-order valence-electron chi connectivity index (χ4n) is 3.65. The molecule has 0 saturated carbocycles. The van der Waals surface area contributed by atoms with Crippen LogP contribution in [0.1, 0.15) is 37.7 Å². The first-order chi connectivity index (χ1) is 13.8. The van der Waals surface area contributed by atoms with Crippen LogP contribution in [0.4, 0.5) is 4.39 Å². The number of halogens is 1. The summed E-state index contributed by atoms with van der Waals surface area (Å²) in [7, 11) is -2.12. The summed E-state index contributed by atoms with van der Waals surface area (Å²) in [5.41, 5.74) is 0.749. The van der Waals surface area contributed by atoms with E-state index in [-0.39, 0.29) is 35.8 Å². The molecule has 2 atom stereocenters. The molecular weight excluding hydrogens is 395 g/mol. The first-order valence-electron chi connectivity index (χ1n) is 9.84. The average Bonchev–Trinajstić information content (AvgIpc) is 3.33. The highest BCUT2D eigenvalue weighted by atomic mass is 32.2. The summed E-state index contributed by atoms with van der Waals surface area (Å²) in [5, 5.41) is 2.89. The number of aryl methyl sites for hydroxylation is 1. The van der Waals surface area contributed by atoms with E-state index in [9.17, 15) is 17.6 Å². The molecule has 9 heteroatoms. The number of hydrogen-bond donors (Lipinski definition) is 1. The number of hydrogen-bond acceptors (Lipinski definition) is 4. The van der Waals surface area contributed by atoms with Crippen LogP contribution < -0.4 is 5.32 Å². The Morgan fingerprint density at radius 2 is 1.97 bits per heavy atom. The third-order valence-electron chi connectivity index (χ3n) is 5.29. The Bertz CT molecular complexity index is 943. The van der Waals surface area contributed by atoms with Crippen LogP contribution in [0.15, 0.2) is 41.8 Å². The molecule has 1 N–H and O–H groups in total. The van der Waals surface area contributed by atoms with Gasteiger partial charge >= 0.3 is 0 Å². The van der Waals surface area contributed by atoms with Gasteiger partial charge in [-0.05, 0) is 24.1 Å². The van der Waals surface area contributed by atoms with E-state index in [0.717, 1.165) is 24.8 Å². The number of nitrogens with one attached hydrogen (secondary N) is 1. The minimum Gasteiger partial charge on any atom is -0.356 e. The monoisotopic (exact) mass is 422 g/mol. The number of rotatable bonds is 8. The van der Waals surface area contributed by atoms with Crippen molar-refractivity contribution in [3.8, 4) is 0 Å². The van der Waals surface area contributed by atoms with Gasteiger partial charge in [0.05, 0.1) is 12.2 Å². The Labute approximate surface area is 171 Å². The van der Waals surface area contributed by atoms with Crippen molar-refractivity contribution in [2.75, 3.05) is 19.6 Å². The Hall–Kier alpha value is -2.26. The van der Waals surface area contributed by atoms with Crippen LogP contribution in [0.25, 0.3) is 0 Å².